The lowest BCUT2D eigenvalue weighted by molar-refractivity contribution is 0.0184. The number of benzene rings is 2. The second-order valence-electron chi connectivity index (χ2n) is 10.1. The lowest BCUT2D eigenvalue weighted by Crippen LogP contribution is -2.60. The number of nitrogens with zero attached hydrogens (tertiary/aromatic N) is 1. The molecular weight excluding hydrogens is 462 g/mol. The molecule has 0 radical (unpaired) electrons. The molecule has 2 atom stereocenters. The fourth-order valence-corrected chi connectivity index (χ4v) is 7.48. The van der Waals surface area contributed by atoms with Gasteiger partial charge in [-0.1, -0.05) is 43.2 Å². The SMILES string of the molecule is COc1ccc(S(=O)(=O)NC2CCCC2)cc1C(=O)NC12CCCC(CC1)N2Cc1ccccc1. The summed E-state index contributed by atoms with van der Waals surface area (Å²) in [7, 11) is -2.21. The van der Waals surface area contributed by atoms with Crippen LogP contribution in [0.2, 0.25) is 0 Å². The minimum Gasteiger partial charge on any atom is -0.496 e. The number of carbonyl (C=O) groups is 1. The van der Waals surface area contributed by atoms with E-state index in [0.717, 1.165) is 64.3 Å². The molecule has 2 N–H and O–H groups in total. The number of amides is 1. The number of ether oxygens (including phenoxy) is 1. The molecule has 0 aromatic heterocycles. The van der Waals surface area contributed by atoms with Crippen LogP contribution in [0.1, 0.15) is 73.7 Å². The summed E-state index contributed by atoms with van der Waals surface area (Å²) in [6.07, 6.45) is 8.78. The molecule has 1 aliphatic carbocycles. The van der Waals surface area contributed by atoms with E-state index in [0.29, 0.717) is 11.8 Å². The summed E-state index contributed by atoms with van der Waals surface area (Å²) in [5.41, 5.74) is 1.05. The van der Waals surface area contributed by atoms with Crippen molar-refractivity contribution in [2.24, 2.45) is 0 Å². The largest absolute Gasteiger partial charge is 0.496 e. The molecule has 35 heavy (non-hydrogen) atoms. The van der Waals surface area contributed by atoms with E-state index >= 15 is 0 Å². The van der Waals surface area contributed by atoms with E-state index in [-0.39, 0.29) is 22.4 Å². The van der Waals surface area contributed by atoms with E-state index in [9.17, 15) is 13.2 Å². The van der Waals surface area contributed by atoms with Crippen LogP contribution in [0, 0.1) is 0 Å². The Hall–Kier alpha value is -2.42. The fourth-order valence-electron chi connectivity index (χ4n) is 6.15. The van der Waals surface area contributed by atoms with Gasteiger partial charge >= 0.3 is 0 Å². The smallest absolute Gasteiger partial charge is 0.256 e. The van der Waals surface area contributed by atoms with E-state index in [1.54, 1.807) is 6.07 Å². The Balaban J connectivity index is 1.40. The predicted molar refractivity (Wildman–Crippen MR) is 135 cm³/mol. The zero-order valence-corrected chi connectivity index (χ0v) is 21.1. The van der Waals surface area contributed by atoms with Gasteiger partial charge in [-0.05, 0) is 68.7 Å². The standard InChI is InChI=1S/C27H35N3O4S/c1-34-25-14-13-23(35(32,33)29-21-10-5-6-11-21)18-24(25)26(31)28-27-16-7-12-22(15-17-27)30(27)19-20-8-3-2-4-9-20/h2-4,8-9,13-14,18,21-22,29H,5-7,10-12,15-17,19H2,1H3,(H,28,31). The van der Waals surface area contributed by atoms with E-state index in [1.165, 1.54) is 24.8 Å². The second kappa shape index (κ2) is 9.91. The van der Waals surface area contributed by atoms with Gasteiger partial charge in [0.15, 0.2) is 0 Å². The van der Waals surface area contributed by atoms with E-state index < -0.39 is 15.7 Å². The van der Waals surface area contributed by atoms with Gasteiger partial charge in [0.2, 0.25) is 10.0 Å². The highest BCUT2D eigenvalue weighted by Crippen LogP contribution is 2.43. The van der Waals surface area contributed by atoms with Crippen molar-refractivity contribution in [3.05, 3.63) is 59.7 Å². The van der Waals surface area contributed by atoms with Crippen molar-refractivity contribution in [3.63, 3.8) is 0 Å². The van der Waals surface area contributed by atoms with Gasteiger partial charge in [0.05, 0.1) is 23.2 Å². The van der Waals surface area contributed by atoms with Crippen molar-refractivity contribution in [1.29, 1.82) is 0 Å². The predicted octanol–water partition coefficient (Wildman–Crippen LogP) is 4.19. The van der Waals surface area contributed by atoms with Crippen molar-refractivity contribution in [2.45, 2.75) is 87.0 Å². The summed E-state index contributed by atoms with van der Waals surface area (Å²) in [5, 5.41) is 3.33. The van der Waals surface area contributed by atoms with E-state index in [2.05, 4.69) is 27.1 Å². The van der Waals surface area contributed by atoms with Gasteiger partial charge in [-0.2, -0.15) is 0 Å². The highest BCUT2D eigenvalue weighted by Gasteiger charge is 2.49. The third-order valence-corrected chi connectivity index (χ3v) is 9.47. The number of piperidine rings is 1. The molecule has 2 aromatic rings. The average Bonchev–Trinajstić information content (AvgIpc) is 3.41. The maximum Gasteiger partial charge on any atom is 0.256 e. The Kier molecular flexibility index (Phi) is 6.88. The van der Waals surface area contributed by atoms with Crippen LogP contribution < -0.4 is 14.8 Å². The Morgan fingerprint density at radius 1 is 1.03 bits per heavy atom. The molecule has 7 nitrogen and oxygen atoms in total. The van der Waals surface area contributed by atoms with Gasteiger partial charge in [-0.25, -0.2) is 13.1 Å². The summed E-state index contributed by atoms with van der Waals surface area (Å²) in [6, 6.07) is 15.3. The average molecular weight is 498 g/mol. The molecule has 3 fully saturated rings. The number of sulfonamides is 1. The number of fused-ring (bicyclic) bond motifs is 2. The number of carbonyl (C=O) groups excluding carboxylic acids is 1. The Morgan fingerprint density at radius 3 is 2.54 bits per heavy atom. The topological polar surface area (TPSA) is 87.7 Å². The third-order valence-electron chi connectivity index (χ3n) is 7.95. The Bertz CT molecular complexity index is 1160. The van der Waals surface area contributed by atoms with Gasteiger partial charge in [0.1, 0.15) is 5.75 Å². The van der Waals surface area contributed by atoms with Crippen LogP contribution in [-0.2, 0) is 16.6 Å². The second-order valence-corrected chi connectivity index (χ2v) is 11.9. The van der Waals surface area contributed by atoms with Crippen LogP contribution in [0.4, 0.5) is 0 Å². The van der Waals surface area contributed by atoms with Crippen LogP contribution in [0.3, 0.4) is 0 Å². The maximum atomic E-state index is 13.7. The molecule has 188 valence electrons. The molecule has 1 amide bonds. The molecule has 2 heterocycles. The van der Waals surface area contributed by atoms with Crippen molar-refractivity contribution >= 4 is 15.9 Å². The molecule has 0 spiro atoms. The molecule has 2 bridgehead atoms. The van der Waals surface area contributed by atoms with Crippen molar-refractivity contribution in [1.82, 2.24) is 14.9 Å². The monoisotopic (exact) mass is 497 g/mol. The molecule has 2 unspecified atom stereocenters. The summed E-state index contributed by atoms with van der Waals surface area (Å²) in [6.45, 7) is 0.780. The normalized spacial score (nSPS) is 25.0. The molecule has 2 saturated heterocycles. The first-order valence-electron chi connectivity index (χ1n) is 12.7. The van der Waals surface area contributed by atoms with E-state index in [4.69, 9.17) is 4.74 Å². The number of hydrogen-bond acceptors (Lipinski definition) is 5. The molecule has 2 aliphatic heterocycles. The van der Waals surface area contributed by atoms with Gasteiger partial charge in [-0.3, -0.25) is 9.69 Å². The quantitative estimate of drug-likeness (QED) is 0.571. The minimum absolute atomic E-state index is 0.0394. The van der Waals surface area contributed by atoms with Crippen molar-refractivity contribution in [3.8, 4) is 5.75 Å². The molecule has 2 aromatic carbocycles. The van der Waals surface area contributed by atoms with Crippen LogP contribution in [-0.4, -0.2) is 44.1 Å². The van der Waals surface area contributed by atoms with Gasteiger partial charge < -0.3 is 10.1 Å². The molecule has 3 aliphatic rings. The van der Waals surface area contributed by atoms with Gasteiger partial charge in [0, 0.05) is 18.6 Å². The highest BCUT2D eigenvalue weighted by molar-refractivity contribution is 7.89. The maximum absolute atomic E-state index is 13.7. The Labute approximate surface area is 208 Å². The number of methoxy groups -OCH3 is 1. The summed E-state index contributed by atoms with van der Waals surface area (Å²) < 4.78 is 34.4. The minimum atomic E-state index is -3.72. The summed E-state index contributed by atoms with van der Waals surface area (Å²) >= 11 is 0. The first-order chi connectivity index (χ1) is 16.9. The van der Waals surface area contributed by atoms with E-state index in [1.807, 2.05) is 18.2 Å². The first kappa shape index (κ1) is 24.3. The summed E-state index contributed by atoms with van der Waals surface area (Å²) in [4.78, 5) is 16.2. The summed E-state index contributed by atoms with van der Waals surface area (Å²) in [5.74, 6) is 0.0825. The highest BCUT2D eigenvalue weighted by atomic mass is 32.2. The fraction of sp³-hybridized carbons (Fsp3) is 0.519. The van der Waals surface area contributed by atoms with Gasteiger partial charge in [-0.15, -0.1) is 0 Å². The molecule has 1 saturated carbocycles. The molecular formula is C27H35N3O4S. The van der Waals surface area contributed by atoms with Crippen LogP contribution in [0.25, 0.3) is 0 Å². The number of hydrogen-bond donors (Lipinski definition) is 2. The lowest BCUT2D eigenvalue weighted by atomic mass is 9.95. The Morgan fingerprint density at radius 2 is 1.80 bits per heavy atom. The third kappa shape index (κ3) is 4.97. The first-order valence-corrected chi connectivity index (χ1v) is 14.2. The van der Waals surface area contributed by atoms with Crippen molar-refractivity contribution in [2.75, 3.05) is 7.11 Å². The zero-order chi connectivity index (χ0) is 24.5. The van der Waals surface area contributed by atoms with Gasteiger partial charge in [0.25, 0.3) is 5.91 Å². The number of nitrogens with one attached hydrogen (secondary N) is 2. The lowest BCUT2D eigenvalue weighted by Gasteiger charge is -2.45. The molecule has 8 heteroatoms. The molecule has 5 rings (SSSR count). The zero-order valence-electron chi connectivity index (χ0n) is 20.3. The van der Waals surface area contributed by atoms with Crippen molar-refractivity contribution < 1.29 is 17.9 Å². The van der Waals surface area contributed by atoms with Crippen LogP contribution in [0.15, 0.2) is 53.4 Å². The van der Waals surface area contributed by atoms with Crippen LogP contribution >= 0.6 is 0 Å². The number of rotatable bonds is 8. The van der Waals surface area contributed by atoms with Crippen LogP contribution in [0.5, 0.6) is 5.75 Å².